The first-order chi connectivity index (χ1) is 10.4. The number of esters is 1. The standard InChI is InChI=1S/C16H14O5S/c1-9(17)13(10(2)18)8-11-4-5-14(21-11)12-6-7-22-15(12)16(19)20-3/h4-8H,1-3H3. The van der Waals surface area contributed by atoms with Crippen molar-refractivity contribution in [3.05, 3.63) is 39.8 Å². The van der Waals surface area contributed by atoms with Crippen LogP contribution < -0.4 is 0 Å². The summed E-state index contributed by atoms with van der Waals surface area (Å²) in [7, 11) is 1.31. The van der Waals surface area contributed by atoms with Crippen LogP contribution in [0, 0.1) is 0 Å². The molecule has 2 aromatic heterocycles. The largest absolute Gasteiger partial charge is 0.465 e. The van der Waals surface area contributed by atoms with E-state index in [-0.39, 0.29) is 17.1 Å². The summed E-state index contributed by atoms with van der Waals surface area (Å²) >= 11 is 1.25. The molecule has 0 N–H and O–H groups in total. The van der Waals surface area contributed by atoms with E-state index < -0.39 is 5.97 Å². The number of hydrogen-bond acceptors (Lipinski definition) is 6. The second-order valence-electron chi connectivity index (χ2n) is 4.53. The monoisotopic (exact) mass is 318 g/mol. The number of allylic oxidation sites excluding steroid dienone is 1. The SMILES string of the molecule is COC(=O)c1sccc1-c1ccc(C=C(C(C)=O)C(C)=O)o1. The summed E-state index contributed by atoms with van der Waals surface area (Å²) < 4.78 is 10.3. The molecule has 0 amide bonds. The Hall–Kier alpha value is -2.47. The molecule has 0 aliphatic heterocycles. The van der Waals surface area contributed by atoms with Gasteiger partial charge in [-0.15, -0.1) is 11.3 Å². The molecule has 0 unspecified atom stereocenters. The molecule has 0 aliphatic rings. The Bertz CT molecular complexity index is 747. The minimum Gasteiger partial charge on any atom is -0.465 e. The van der Waals surface area contributed by atoms with E-state index in [1.807, 2.05) is 0 Å². The predicted molar refractivity (Wildman–Crippen MR) is 82.7 cm³/mol. The van der Waals surface area contributed by atoms with E-state index in [9.17, 15) is 14.4 Å². The molecule has 0 bridgehead atoms. The molecule has 0 fully saturated rings. The predicted octanol–water partition coefficient (Wildman–Crippen LogP) is 3.36. The average Bonchev–Trinajstić information content (AvgIpc) is 3.11. The van der Waals surface area contributed by atoms with Gasteiger partial charge in [0.15, 0.2) is 11.6 Å². The molecule has 0 saturated carbocycles. The van der Waals surface area contributed by atoms with Crippen molar-refractivity contribution in [1.29, 1.82) is 0 Å². The Morgan fingerprint density at radius 3 is 2.41 bits per heavy atom. The fourth-order valence-corrected chi connectivity index (χ4v) is 2.74. The number of rotatable bonds is 5. The number of methoxy groups -OCH3 is 1. The van der Waals surface area contributed by atoms with Crippen LogP contribution in [0.4, 0.5) is 0 Å². The maximum atomic E-state index is 11.7. The third-order valence-corrected chi connectivity index (χ3v) is 3.87. The fraction of sp³-hybridized carbons (Fsp3) is 0.188. The van der Waals surface area contributed by atoms with Crippen molar-refractivity contribution in [2.24, 2.45) is 0 Å². The van der Waals surface area contributed by atoms with Gasteiger partial charge in [0.2, 0.25) is 0 Å². The molecule has 2 rings (SSSR count). The van der Waals surface area contributed by atoms with E-state index in [0.717, 1.165) is 0 Å². The minimum absolute atomic E-state index is 0.0689. The highest BCUT2D eigenvalue weighted by molar-refractivity contribution is 7.12. The normalized spacial score (nSPS) is 10.1. The molecule has 5 nitrogen and oxygen atoms in total. The van der Waals surface area contributed by atoms with Gasteiger partial charge < -0.3 is 9.15 Å². The average molecular weight is 318 g/mol. The second kappa shape index (κ2) is 6.53. The molecular weight excluding hydrogens is 304 g/mol. The lowest BCUT2D eigenvalue weighted by Gasteiger charge is -1.99. The molecule has 114 valence electrons. The number of ether oxygens (including phenoxy) is 1. The summed E-state index contributed by atoms with van der Waals surface area (Å²) in [4.78, 5) is 34.9. The zero-order valence-corrected chi connectivity index (χ0v) is 13.2. The van der Waals surface area contributed by atoms with Gasteiger partial charge in [-0.05, 0) is 43.5 Å². The van der Waals surface area contributed by atoms with Crippen molar-refractivity contribution >= 4 is 34.9 Å². The van der Waals surface area contributed by atoms with Crippen LogP contribution in [0.3, 0.4) is 0 Å². The zero-order valence-electron chi connectivity index (χ0n) is 12.3. The van der Waals surface area contributed by atoms with Crippen molar-refractivity contribution < 1.29 is 23.5 Å². The maximum Gasteiger partial charge on any atom is 0.348 e. The molecule has 0 saturated heterocycles. The van der Waals surface area contributed by atoms with Crippen molar-refractivity contribution in [3.63, 3.8) is 0 Å². The van der Waals surface area contributed by atoms with Gasteiger partial charge in [0.25, 0.3) is 0 Å². The molecule has 0 atom stereocenters. The van der Waals surface area contributed by atoms with Gasteiger partial charge >= 0.3 is 5.97 Å². The second-order valence-corrected chi connectivity index (χ2v) is 5.44. The maximum absolute atomic E-state index is 11.7. The first-order valence-corrected chi connectivity index (χ1v) is 7.31. The van der Waals surface area contributed by atoms with Crippen LogP contribution in [0.2, 0.25) is 0 Å². The van der Waals surface area contributed by atoms with Crippen molar-refractivity contribution in [2.45, 2.75) is 13.8 Å². The molecular formula is C16H14O5S. The van der Waals surface area contributed by atoms with E-state index in [0.29, 0.717) is 22.0 Å². The van der Waals surface area contributed by atoms with Crippen LogP contribution in [-0.2, 0) is 14.3 Å². The van der Waals surface area contributed by atoms with Crippen LogP contribution in [0.1, 0.15) is 29.3 Å². The highest BCUT2D eigenvalue weighted by Gasteiger charge is 2.18. The molecule has 0 aliphatic carbocycles. The Labute approximate surface area is 131 Å². The quantitative estimate of drug-likeness (QED) is 0.366. The molecule has 6 heteroatoms. The van der Waals surface area contributed by atoms with Crippen LogP contribution >= 0.6 is 11.3 Å². The molecule has 22 heavy (non-hydrogen) atoms. The highest BCUT2D eigenvalue weighted by atomic mass is 32.1. The third-order valence-electron chi connectivity index (χ3n) is 2.97. The number of furan rings is 1. The summed E-state index contributed by atoms with van der Waals surface area (Å²) in [5, 5.41) is 1.76. The summed E-state index contributed by atoms with van der Waals surface area (Å²) in [6, 6.07) is 5.07. The first-order valence-electron chi connectivity index (χ1n) is 6.43. The van der Waals surface area contributed by atoms with Gasteiger partial charge in [0.05, 0.1) is 12.7 Å². The first kappa shape index (κ1) is 15.9. The van der Waals surface area contributed by atoms with Gasteiger partial charge in [-0.25, -0.2) is 4.79 Å². The smallest absolute Gasteiger partial charge is 0.348 e. The summed E-state index contributed by atoms with van der Waals surface area (Å²) in [6.07, 6.45) is 1.40. The molecule has 0 spiro atoms. The number of carbonyl (C=O) groups is 3. The highest BCUT2D eigenvalue weighted by Crippen LogP contribution is 2.31. The zero-order chi connectivity index (χ0) is 16.3. The van der Waals surface area contributed by atoms with Crippen molar-refractivity contribution in [3.8, 4) is 11.3 Å². The van der Waals surface area contributed by atoms with Gasteiger partial charge in [-0.1, -0.05) is 0 Å². The van der Waals surface area contributed by atoms with E-state index in [1.54, 1.807) is 23.6 Å². The molecule has 0 aromatic carbocycles. The lowest BCUT2D eigenvalue weighted by atomic mass is 10.1. The summed E-state index contributed by atoms with van der Waals surface area (Å²) in [5.41, 5.74) is 0.683. The van der Waals surface area contributed by atoms with E-state index in [4.69, 9.17) is 9.15 Å². The number of Topliss-reactive ketones (excluding diaryl/α,β-unsaturated/α-hetero) is 2. The Morgan fingerprint density at radius 2 is 1.82 bits per heavy atom. The molecule has 2 aromatic rings. The summed E-state index contributed by atoms with van der Waals surface area (Å²) in [5.74, 6) is -0.240. The topological polar surface area (TPSA) is 73.6 Å². The van der Waals surface area contributed by atoms with Gasteiger partial charge in [0, 0.05) is 5.56 Å². The van der Waals surface area contributed by atoms with Crippen molar-refractivity contribution in [2.75, 3.05) is 7.11 Å². The minimum atomic E-state index is -0.438. The Morgan fingerprint density at radius 1 is 1.14 bits per heavy atom. The number of thiophene rings is 1. The van der Waals surface area contributed by atoms with E-state index in [2.05, 4.69) is 0 Å². The number of carbonyl (C=O) groups excluding carboxylic acids is 3. The Balaban J connectivity index is 2.39. The lowest BCUT2D eigenvalue weighted by molar-refractivity contribution is -0.119. The van der Waals surface area contributed by atoms with E-state index >= 15 is 0 Å². The number of ketones is 2. The lowest BCUT2D eigenvalue weighted by Crippen LogP contribution is -2.05. The van der Waals surface area contributed by atoms with Crippen molar-refractivity contribution in [1.82, 2.24) is 0 Å². The van der Waals surface area contributed by atoms with E-state index in [1.165, 1.54) is 38.4 Å². The fourth-order valence-electron chi connectivity index (χ4n) is 1.92. The molecule has 0 radical (unpaired) electrons. The third kappa shape index (κ3) is 3.23. The van der Waals surface area contributed by atoms with Crippen LogP contribution in [0.5, 0.6) is 0 Å². The van der Waals surface area contributed by atoms with Gasteiger partial charge in [-0.2, -0.15) is 0 Å². The number of hydrogen-bond donors (Lipinski definition) is 0. The molecule has 2 heterocycles. The van der Waals surface area contributed by atoms with Gasteiger partial charge in [0.1, 0.15) is 16.4 Å². The van der Waals surface area contributed by atoms with Crippen LogP contribution in [-0.4, -0.2) is 24.6 Å². The van der Waals surface area contributed by atoms with Gasteiger partial charge in [-0.3, -0.25) is 9.59 Å². The van der Waals surface area contributed by atoms with Crippen LogP contribution in [0.25, 0.3) is 17.4 Å². The summed E-state index contributed by atoms with van der Waals surface area (Å²) in [6.45, 7) is 2.65. The van der Waals surface area contributed by atoms with Crippen LogP contribution in [0.15, 0.2) is 33.6 Å². The Kier molecular flexibility index (Phi) is 4.72.